The van der Waals surface area contributed by atoms with E-state index in [1.807, 2.05) is 0 Å². The van der Waals surface area contributed by atoms with Crippen molar-refractivity contribution < 1.29 is 0 Å². The number of hydrogen-bond donors (Lipinski definition) is 1. The SMILES string of the molecule is Cc1cc(C)c(CCN(C)C(C)(C)CCN)cc1C. The monoisotopic (exact) mass is 262 g/mol. The normalized spacial score (nSPS) is 12.2. The van der Waals surface area contributed by atoms with E-state index in [0.717, 1.165) is 25.9 Å². The zero-order valence-corrected chi connectivity index (χ0v) is 13.5. The summed E-state index contributed by atoms with van der Waals surface area (Å²) in [4.78, 5) is 2.43. The highest BCUT2D eigenvalue weighted by atomic mass is 15.2. The van der Waals surface area contributed by atoms with Crippen LogP contribution in [0.2, 0.25) is 0 Å². The standard InChI is InChI=1S/C17H30N2/c1-13-11-15(3)16(12-14(13)2)7-10-19(6)17(4,5)8-9-18/h11-12H,7-10,18H2,1-6H3. The van der Waals surface area contributed by atoms with Crippen LogP contribution < -0.4 is 5.73 Å². The Balaban J connectivity index is 2.69. The van der Waals surface area contributed by atoms with E-state index in [9.17, 15) is 0 Å². The molecular formula is C17H30N2. The molecule has 0 radical (unpaired) electrons. The minimum Gasteiger partial charge on any atom is -0.330 e. The molecule has 1 aromatic carbocycles. The van der Waals surface area contributed by atoms with Gasteiger partial charge in [-0.25, -0.2) is 0 Å². The van der Waals surface area contributed by atoms with Crippen LogP contribution in [0.4, 0.5) is 0 Å². The van der Waals surface area contributed by atoms with Crippen molar-refractivity contribution in [3.05, 3.63) is 34.4 Å². The Morgan fingerprint density at radius 3 is 2.21 bits per heavy atom. The van der Waals surface area contributed by atoms with Gasteiger partial charge in [-0.3, -0.25) is 0 Å². The molecule has 0 bridgehead atoms. The van der Waals surface area contributed by atoms with Crippen molar-refractivity contribution in [1.29, 1.82) is 0 Å². The second-order valence-electron chi connectivity index (χ2n) is 6.39. The number of likely N-dealkylation sites (N-methyl/N-ethyl adjacent to an activating group) is 1. The first-order valence-electron chi connectivity index (χ1n) is 7.26. The van der Waals surface area contributed by atoms with E-state index in [-0.39, 0.29) is 5.54 Å². The molecule has 0 atom stereocenters. The molecule has 0 fully saturated rings. The third-order valence-corrected chi connectivity index (χ3v) is 4.46. The lowest BCUT2D eigenvalue weighted by Gasteiger charge is -2.35. The van der Waals surface area contributed by atoms with Crippen molar-refractivity contribution >= 4 is 0 Å². The van der Waals surface area contributed by atoms with Crippen molar-refractivity contribution in [3.8, 4) is 0 Å². The van der Waals surface area contributed by atoms with Crippen molar-refractivity contribution in [2.45, 2.75) is 53.0 Å². The Labute approximate surface area is 119 Å². The van der Waals surface area contributed by atoms with Gasteiger partial charge in [0.05, 0.1) is 0 Å². The molecule has 0 saturated heterocycles. The molecule has 19 heavy (non-hydrogen) atoms. The summed E-state index contributed by atoms with van der Waals surface area (Å²) >= 11 is 0. The molecule has 1 rings (SSSR count). The molecule has 2 nitrogen and oxygen atoms in total. The third-order valence-electron chi connectivity index (χ3n) is 4.46. The van der Waals surface area contributed by atoms with Gasteiger partial charge >= 0.3 is 0 Å². The summed E-state index contributed by atoms with van der Waals surface area (Å²) in [6.45, 7) is 13.0. The Morgan fingerprint density at radius 2 is 1.63 bits per heavy atom. The van der Waals surface area contributed by atoms with Gasteiger partial charge in [0, 0.05) is 12.1 Å². The molecule has 0 aromatic heterocycles. The molecule has 0 heterocycles. The zero-order valence-electron chi connectivity index (χ0n) is 13.5. The topological polar surface area (TPSA) is 29.3 Å². The van der Waals surface area contributed by atoms with E-state index in [2.05, 4.69) is 58.7 Å². The third kappa shape index (κ3) is 4.32. The van der Waals surface area contributed by atoms with E-state index in [1.54, 1.807) is 0 Å². The maximum atomic E-state index is 5.69. The molecule has 2 heteroatoms. The average Bonchev–Trinajstić information content (AvgIpc) is 2.31. The van der Waals surface area contributed by atoms with Crippen molar-refractivity contribution in [2.75, 3.05) is 20.1 Å². The van der Waals surface area contributed by atoms with Crippen LogP contribution in [0, 0.1) is 20.8 Å². The van der Waals surface area contributed by atoms with Gasteiger partial charge in [0.25, 0.3) is 0 Å². The first-order chi connectivity index (χ1) is 8.77. The van der Waals surface area contributed by atoms with E-state index < -0.39 is 0 Å². The minimum absolute atomic E-state index is 0.183. The summed E-state index contributed by atoms with van der Waals surface area (Å²) in [5, 5.41) is 0. The largest absolute Gasteiger partial charge is 0.330 e. The number of nitrogens with two attached hydrogens (primary N) is 1. The first-order valence-corrected chi connectivity index (χ1v) is 7.26. The lowest BCUT2D eigenvalue weighted by atomic mass is 9.96. The Hall–Kier alpha value is -0.860. The molecule has 0 saturated carbocycles. The van der Waals surface area contributed by atoms with Crippen LogP contribution in [0.3, 0.4) is 0 Å². The zero-order chi connectivity index (χ0) is 14.6. The first kappa shape index (κ1) is 16.2. The molecule has 2 N–H and O–H groups in total. The summed E-state index contributed by atoms with van der Waals surface area (Å²) in [6, 6.07) is 4.64. The van der Waals surface area contributed by atoms with Crippen LogP contribution >= 0.6 is 0 Å². The molecule has 0 aliphatic carbocycles. The summed E-state index contributed by atoms with van der Waals surface area (Å²) in [7, 11) is 2.20. The van der Waals surface area contributed by atoms with E-state index in [4.69, 9.17) is 5.73 Å². The Bertz CT molecular complexity index is 422. The molecule has 0 unspecified atom stereocenters. The van der Waals surface area contributed by atoms with Crippen LogP contribution in [-0.2, 0) is 6.42 Å². The van der Waals surface area contributed by atoms with Crippen molar-refractivity contribution in [1.82, 2.24) is 4.90 Å². The Kier molecular flexibility index (Phi) is 5.57. The molecule has 0 aliphatic rings. The van der Waals surface area contributed by atoms with Crippen LogP contribution in [0.15, 0.2) is 12.1 Å². The second kappa shape index (κ2) is 6.53. The van der Waals surface area contributed by atoms with Crippen LogP contribution in [0.5, 0.6) is 0 Å². The fourth-order valence-corrected chi connectivity index (χ4v) is 2.42. The maximum absolute atomic E-state index is 5.69. The fraction of sp³-hybridized carbons (Fsp3) is 0.647. The fourth-order valence-electron chi connectivity index (χ4n) is 2.42. The summed E-state index contributed by atoms with van der Waals surface area (Å²) in [5.74, 6) is 0. The lowest BCUT2D eigenvalue weighted by Crippen LogP contribution is -2.43. The van der Waals surface area contributed by atoms with E-state index in [0.29, 0.717) is 0 Å². The van der Waals surface area contributed by atoms with Crippen LogP contribution in [0.1, 0.15) is 42.5 Å². The number of nitrogens with zero attached hydrogens (tertiary/aromatic N) is 1. The van der Waals surface area contributed by atoms with Crippen LogP contribution in [-0.4, -0.2) is 30.6 Å². The van der Waals surface area contributed by atoms with Gasteiger partial charge in [-0.1, -0.05) is 12.1 Å². The van der Waals surface area contributed by atoms with E-state index >= 15 is 0 Å². The highest BCUT2D eigenvalue weighted by Gasteiger charge is 2.22. The Morgan fingerprint density at radius 1 is 1.05 bits per heavy atom. The molecule has 0 spiro atoms. The van der Waals surface area contributed by atoms with Gasteiger partial charge in [-0.05, 0) is 83.3 Å². The van der Waals surface area contributed by atoms with Crippen molar-refractivity contribution in [3.63, 3.8) is 0 Å². The van der Waals surface area contributed by atoms with Crippen molar-refractivity contribution in [2.24, 2.45) is 5.73 Å². The quantitative estimate of drug-likeness (QED) is 0.853. The van der Waals surface area contributed by atoms with Gasteiger partial charge in [-0.2, -0.15) is 0 Å². The van der Waals surface area contributed by atoms with Gasteiger partial charge in [0.1, 0.15) is 0 Å². The molecule has 1 aromatic rings. The number of benzene rings is 1. The molecular weight excluding hydrogens is 232 g/mol. The summed E-state index contributed by atoms with van der Waals surface area (Å²) < 4.78 is 0. The number of rotatable bonds is 6. The predicted octanol–water partition coefficient (Wildman–Crippen LogP) is 3.21. The highest BCUT2D eigenvalue weighted by molar-refractivity contribution is 5.36. The summed E-state index contributed by atoms with van der Waals surface area (Å²) in [5.41, 5.74) is 11.5. The summed E-state index contributed by atoms with van der Waals surface area (Å²) in [6.07, 6.45) is 2.15. The predicted molar refractivity (Wildman–Crippen MR) is 84.7 cm³/mol. The average molecular weight is 262 g/mol. The second-order valence-corrected chi connectivity index (χ2v) is 6.39. The molecule has 0 aliphatic heterocycles. The van der Waals surface area contributed by atoms with Gasteiger partial charge in [0.2, 0.25) is 0 Å². The molecule has 0 amide bonds. The number of hydrogen-bond acceptors (Lipinski definition) is 2. The smallest absolute Gasteiger partial charge is 0.0162 e. The lowest BCUT2D eigenvalue weighted by molar-refractivity contribution is 0.150. The van der Waals surface area contributed by atoms with Gasteiger partial charge in [-0.15, -0.1) is 0 Å². The minimum atomic E-state index is 0.183. The van der Waals surface area contributed by atoms with Crippen LogP contribution in [0.25, 0.3) is 0 Å². The maximum Gasteiger partial charge on any atom is 0.0162 e. The van der Waals surface area contributed by atoms with Gasteiger partial charge in [0.15, 0.2) is 0 Å². The molecule has 108 valence electrons. The number of aryl methyl sites for hydroxylation is 3. The highest BCUT2D eigenvalue weighted by Crippen LogP contribution is 2.19. The van der Waals surface area contributed by atoms with Gasteiger partial charge < -0.3 is 10.6 Å². The van der Waals surface area contributed by atoms with E-state index in [1.165, 1.54) is 22.3 Å².